The first-order chi connectivity index (χ1) is 12.5. The second kappa shape index (κ2) is 8.28. The van der Waals surface area contributed by atoms with Crippen molar-refractivity contribution in [1.29, 1.82) is 0 Å². The standard InChI is InChI=1S/C18H23N3O3S2/c1-2-11-26(23,24)21-10-6-9-16(21)17(22)20-18-19-13-15(25-18)12-14-7-4-3-5-8-14/h3-5,7-8,13,16H,2,6,9-12H2,1H3,(H,19,20,22). The van der Waals surface area contributed by atoms with E-state index in [4.69, 9.17) is 0 Å². The summed E-state index contributed by atoms with van der Waals surface area (Å²) in [4.78, 5) is 17.9. The van der Waals surface area contributed by atoms with E-state index in [1.165, 1.54) is 21.2 Å². The quantitative estimate of drug-likeness (QED) is 0.784. The van der Waals surface area contributed by atoms with Crippen molar-refractivity contribution in [2.75, 3.05) is 17.6 Å². The summed E-state index contributed by atoms with van der Waals surface area (Å²) in [6.45, 7) is 2.24. The lowest BCUT2D eigenvalue weighted by atomic mass is 10.1. The first-order valence-electron chi connectivity index (χ1n) is 8.78. The van der Waals surface area contributed by atoms with Gasteiger partial charge in [0.2, 0.25) is 15.9 Å². The first kappa shape index (κ1) is 19.0. The number of rotatable bonds is 7. The largest absolute Gasteiger partial charge is 0.301 e. The van der Waals surface area contributed by atoms with E-state index in [-0.39, 0.29) is 11.7 Å². The molecule has 0 spiro atoms. The maximum absolute atomic E-state index is 12.6. The van der Waals surface area contributed by atoms with Gasteiger partial charge in [-0.2, -0.15) is 4.31 Å². The molecule has 1 saturated heterocycles. The topological polar surface area (TPSA) is 79.4 Å². The predicted octanol–water partition coefficient (Wildman–Crippen LogP) is 2.88. The van der Waals surface area contributed by atoms with E-state index in [0.29, 0.717) is 30.9 Å². The zero-order valence-electron chi connectivity index (χ0n) is 14.7. The zero-order chi connectivity index (χ0) is 18.6. The van der Waals surface area contributed by atoms with E-state index in [1.54, 1.807) is 6.20 Å². The maximum Gasteiger partial charge on any atom is 0.244 e. The van der Waals surface area contributed by atoms with Crippen molar-refractivity contribution in [3.8, 4) is 0 Å². The van der Waals surface area contributed by atoms with Crippen LogP contribution in [0.25, 0.3) is 0 Å². The van der Waals surface area contributed by atoms with Gasteiger partial charge in [0.05, 0.1) is 5.75 Å². The third kappa shape index (κ3) is 4.49. The number of carbonyl (C=O) groups is 1. The average Bonchev–Trinajstić information content (AvgIpc) is 3.25. The van der Waals surface area contributed by atoms with Crippen LogP contribution >= 0.6 is 11.3 Å². The molecule has 1 unspecified atom stereocenters. The summed E-state index contributed by atoms with van der Waals surface area (Å²) in [7, 11) is -3.38. The van der Waals surface area contributed by atoms with Crippen molar-refractivity contribution in [3.05, 3.63) is 47.0 Å². The second-order valence-electron chi connectivity index (χ2n) is 6.37. The van der Waals surface area contributed by atoms with E-state index in [2.05, 4.69) is 10.3 Å². The minimum absolute atomic E-state index is 0.0786. The lowest BCUT2D eigenvalue weighted by Gasteiger charge is -2.22. The SMILES string of the molecule is CCCS(=O)(=O)N1CCCC1C(=O)Nc1ncc(Cc2ccccc2)s1. The molecule has 1 atom stereocenters. The van der Waals surface area contributed by atoms with E-state index in [9.17, 15) is 13.2 Å². The number of amides is 1. The van der Waals surface area contributed by atoms with Crippen molar-refractivity contribution in [3.63, 3.8) is 0 Å². The van der Waals surface area contributed by atoms with Gasteiger partial charge in [0, 0.05) is 24.0 Å². The highest BCUT2D eigenvalue weighted by Gasteiger charge is 2.38. The van der Waals surface area contributed by atoms with Crippen LogP contribution in [0.2, 0.25) is 0 Å². The molecule has 1 aliphatic heterocycles. The lowest BCUT2D eigenvalue weighted by Crippen LogP contribution is -2.43. The van der Waals surface area contributed by atoms with Gasteiger partial charge in [0.15, 0.2) is 5.13 Å². The Morgan fingerprint density at radius 2 is 2.12 bits per heavy atom. The Bertz CT molecular complexity index is 850. The smallest absolute Gasteiger partial charge is 0.244 e. The molecule has 8 heteroatoms. The molecule has 1 aliphatic rings. The Balaban J connectivity index is 1.64. The molecule has 1 aromatic carbocycles. The minimum atomic E-state index is -3.38. The number of nitrogens with zero attached hydrogens (tertiary/aromatic N) is 2. The molecular weight excluding hydrogens is 370 g/mol. The number of benzene rings is 1. The van der Waals surface area contributed by atoms with Crippen LogP contribution in [0.3, 0.4) is 0 Å². The van der Waals surface area contributed by atoms with Crippen LogP contribution < -0.4 is 5.32 Å². The van der Waals surface area contributed by atoms with Crippen LogP contribution in [0, 0.1) is 0 Å². The number of sulfonamides is 1. The fraction of sp³-hybridized carbons (Fsp3) is 0.444. The van der Waals surface area contributed by atoms with Crippen LogP contribution in [0.1, 0.15) is 36.6 Å². The normalized spacial score (nSPS) is 18.1. The third-order valence-corrected chi connectivity index (χ3v) is 7.32. The number of aromatic nitrogens is 1. The van der Waals surface area contributed by atoms with E-state index in [1.807, 2.05) is 37.3 Å². The number of nitrogens with one attached hydrogen (secondary N) is 1. The van der Waals surface area contributed by atoms with Crippen molar-refractivity contribution < 1.29 is 13.2 Å². The van der Waals surface area contributed by atoms with Gasteiger partial charge in [-0.15, -0.1) is 11.3 Å². The molecule has 1 N–H and O–H groups in total. The monoisotopic (exact) mass is 393 g/mol. The van der Waals surface area contributed by atoms with Gasteiger partial charge in [0.25, 0.3) is 0 Å². The zero-order valence-corrected chi connectivity index (χ0v) is 16.4. The number of thiazole rings is 1. The van der Waals surface area contributed by atoms with Crippen LogP contribution in [-0.2, 0) is 21.2 Å². The van der Waals surface area contributed by atoms with E-state index < -0.39 is 16.1 Å². The molecule has 0 radical (unpaired) electrons. The lowest BCUT2D eigenvalue weighted by molar-refractivity contribution is -0.119. The highest BCUT2D eigenvalue weighted by molar-refractivity contribution is 7.89. The van der Waals surface area contributed by atoms with Crippen molar-refractivity contribution in [1.82, 2.24) is 9.29 Å². The van der Waals surface area contributed by atoms with Crippen molar-refractivity contribution in [2.45, 2.75) is 38.6 Å². The summed E-state index contributed by atoms with van der Waals surface area (Å²) in [6, 6.07) is 9.42. The van der Waals surface area contributed by atoms with Gasteiger partial charge in [-0.3, -0.25) is 4.79 Å². The van der Waals surface area contributed by atoms with Gasteiger partial charge in [0.1, 0.15) is 6.04 Å². The minimum Gasteiger partial charge on any atom is -0.301 e. The summed E-state index contributed by atoms with van der Waals surface area (Å²) in [5.41, 5.74) is 1.18. The molecule has 3 rings (SSSR count). The third-order valence-electron chi connectivity index (χ3n) is 4.33. The number of hydrogen-bond donors (Lipinski definition) is 1. The number of hydrogen-bond acceptors (Lipinski definition) is 5. The summed E-state index contributed by atoms with van der Waals surface area (Å²) in [5, 5.41) is 3.31. The van der Waals surface area contributed by atoms with Gasteiger partial charge in [-0.05, 0) is 24.8 Å². The average molecular weight is 394 g/mol. The van der Waals surface area contributed by atoms with Crippen LogP contribution in [-0.4, -0.2) is 42.0 Å². The summed E-state index contributed by atoms with van der Waals surface area (Å²) in [6.07, 6.45) is 4.32. The van der Waals surface area contributed by atoms with Gasteiger partial charge in [-0.1, -0.05) is 37.3 Å². The summed E-state index contributed by atoms with van der Waals surface area (Å²) < 4.78 is 26.0. The molecule has 1 fully saturated rings. The second-order valence-corrected chi connectivity index (χ2v) is 9.52. The molecule has 140 valence electrons. The molecule has 1 amide bonds. The van der Waals surface area contributed by atoms with Crippen LogP contribution in [0.5, 0.6) is 0 Å². The Labute approximate surface area is 158 Å². The molecule has 0 bridgehead atoms. The van der Waals surface area contributed by atoms with Gasteiger partial charge in [-0.25, -0.2) is 13.4 Å². The molecule has 1 aromatic heterocycles. The Kier molecular flexibility index (Phi) is 6.05. The highest BCUT2D eigenvalue weighted by Crippen LogP contribution is 2.25. The maximum atomic E-state index is 12.6. The molecule has 0 aliphatic carbocycles. The van der Waals surface area contributed by atoms with Gasteiger partial charge >= 0.3 is 0 Å². The molecule has 0 saturated carbocycles. The number of carbonyl (C=O) groups excluding carboxylic acids is 1. The molecule has 2 heterocycles. The Morgan fingerprint density at radius 3 is 2.85 bits per heavy atom. The van der Waals surface area contributed by atoms with Gasteiger partial charge < -0.3 is 5.32 Å². The molecule has 6 nitrogen and oxygen atoms in total. The fourth-order valence-electron chi connectivity index (χ4n) is 3.14. The molecular formula is C18H23N3O3S2. The first-order valence-corrected chi connectivity index (χ1v) is 11.2. The van der Waals surface area contributed by atoms with Crippen LogP contribution in [0.15, 0.2) is 36.5 Å². The van der Waals surface area contributed by atoms with Crippen LogP contribution in [0.4, 0.5) is 5.13 Å². The Morgan fingerprint density at radius 1 is 1.35 bits per heavy atom. The predicted molar refractivity (Wildman–Crippen MR) is 104 cm³/mol. The van der Waals surface area contributed by atoms with Crippen molar-refractivity contribution in [2.24, 2.45) is 0 Å². The van der Waals surface area contributed by atoms with Crippen molar-refractivity contribution >= 4 is 32.4 Å². The number of anilines is 1. The molecule has 2 aromatic rings. The summed E-state index contributed by atoms with van der Waals surface area (Å²) >= 11 is 1.42. The van der Waals surface area contributed by atoms with E-state index in [0.717, 1.165) is 11.3 Å². The Hall–Kier alpha value is -1.77. The summed E-state index contributed by atoms with van der Waals surface area (Å²) in [5.74, 6) is -0.210. The highest BCUT2D eigenvalue weighted by atomic mass is 32.2. The molecule has 26 heavy (non-hydrogen) atoms. The van der Waals surface area contributed by atoms with E-state index >= 15 is 0 Å². The fourth-order valence-corrected chi connectivity index (χ4v) is 5.74.